The molecule has 6 nitrogen and oxygen atoms in total. The van der Waals surface area contributed by atoms with Gasteiger partial charge in [0.25, 0.3) is 5.69 Å². The number of imidazole rings is 1. The van der Waals surface area contributed by atoms with Crippen LogP contribution in [0.25, 0.3) is 0 Å². The van der Waals surface area contributed by atoms with E-state index in [9.17, 15) is 10.1 Å². The second-order valence-corrected chi connectivity index (χ2v) is 5.54. The minimum atomic E-state index is -0.399. The highest BCUT2D eigenvalue weighted by atomic mass is 35.5. The zero-order valence-electron chi connectivity index (χ0n) is 11.9. The average Bonchev–Trinajstić information content (AvgIpc) is 2.83. The molecule has 0 saturated carbocycles. The van der Waals surface area contributed by atoms with Crippen LogP contribution in [0.5, 0.6) is 0 Å². The lowest BCUT2D eigenvalue weighted by Gasteiger charge is -2.06. The van der Waals surface area contributed by atoms with E-state index in [1.807, 2.05) is 10.8 Å². The third kappa shape index (κ3) is 4.27. The monoisotopic (exact) mass is 308 g/mol. The van der Waals surface area contributed by atoms with Gasteiger partial charge in [0.2, 0.25) is 0 Å². The second kappa shape index (κ2) is 6.69. The van der Waals surface area contributed by atoms with Gasteiger partial charge in [-0.1, -0.05) is 25.4 Å². The van der Waals surface area contributed by atoms with E-state index in [4.69, 9.17) is 11.6 Å². The van der Waals surface area contributed by atoms with Gasteiger partial charge in [0.1, 0.15) is 0 Å². The Hall–Kier alpha value is -1.92. The summed E-state index contributed by atoms with van der Waals surface area (Å²) in [7, 11) is 0. The van der Waals surface area contributed by atoms with Gasteiger partial charge in [-0.05, 0) is 12.1 Å². The molecule has 2 aromatic rings. The third-order valence-corrected chi connectivity index (χ3v) is 3.20. The minimum absolute atomic E-state index is 0.0648. The number of hydrogen-bond acceptors (Lipinski definition) is 4. The van der Waals surface area contributed by atoms with Crippen molar-refractivity contribution in [2.45, 2.75) is 33.0 Å². The summed E-state index contributed by atoms with van der Waals surface area (Å²) in [4.78, 5) is 14.9. The van der Waals surface area contributed by atoms with Gasteiger partial charge >= 0.3 is 0 Å². The van der Waals surface area contributed by atoms with Crippen molar-refractivity contribution >= 4 is 17.3 Å². The first-order valence-corrected chi connectivity index (χ1v) is 7.00. The Morgan fingerprint density at radius 3 is 2.90 bits per heavy atom. The van der Waals surface area contributed by atoms with Crippen LogP contribution in [0.4, 0.5) is 5.69 Å². The van der Waals surface area contributed by atoms with E-state index in [-0.39, 0.29) is 5.69 Å². The summed E-state index contributed by atoms with van der Waals surface area (Å²) in [6, 6.07) is 4.94. The number of nitro benzene ring substituents is 1. The molecule has 0 saturated heterocycles. The topological polar surface area (TPSA) is 73.0 Å². The van der Waals surface area contributed by atoms with Crippen LogP contribution in [-0.2, 0) is 13.1 Å². The summed E-state index contributed by atoms with van der Waals surface area (Å²) < 4.78 is 1.82. The van der Waals surface area contributed by atoms with E-state index in [2.05, 4.69) is 24.1 Å². The molecule has 0 unspecified atom stereocenters. The number of benzene rings is 1. The lowest BCUT2D eigenvalue weighted by molar-refractivity contribution is -0.385. The normalized spacial score (nSPS) is 11.0. The average molecular weight is 309 g/mol. The molecule has 21 heavy (non-hydrogen) atoms. The molecule has 1 heterocycles. The van der Waals surface area contributed by atoms with E-state index >= 15 is 0 Å². The fourth-order valence-corrected chi connectivity index (χ4v) is 2.14. The van der Waals surface area contributed by atoms with E-state index < -0.39 is 4.92 Å². The van der Waals surface area contributed by atoms with Crippen LogP contribution < -0.4 is 5.32 Å². The maximum absolute atomic E-state index is 11.0. The van der Waals surface area contributed by atoms with Crippen LogP contribution in [0.15, 0.2) is 30.7 Å². The van der Waals surface area contributed by atoms with Crippen molar-refractivity contribution < 1.29 is 4.92 Å². The van der Waals surface area contributed by atoms with Gasteiger partial charge < -0.3 is 9.88 Å². The smallest absolute Gasteiger partial charge is 0.274 e. The molecule has 0 aliphatic rings. The highest BCUT2D eigenvalue weighted by Crippen LogP contribution is 2.23. The first-order valence-electron chi connectivity index (χ1n) is 6.62. The van der Waals surface area contributed by atoms with Crippen LogP contribution >= 0.6 is 11.6 Å². The number of aromatic nitrogens is 2. The first-order chi connectivity index (χ1) is 9.95. The fourth-order valence-electron chi connectivity index (χ4n) is 1.95. The van der Waals surface area contributed by atoms with Crippen molar-refractivity contribution in [1.82, 2.24) is 14.9 Å². The van der Waals surface area contributed by atoms with Crippen molar-refractivity contribution in [3.63, 3.8) is 0 Å². The summed E-state index contributed by atoms with van der Waals surface area (Å²) >= 11 is 5.92. The molecule has 0 aliphatic heterocycles. The molecule has 1 N–H and O–H groups in total. The SMILES string of the molecule is CC(C)NCc1cn(Cc2cc(Cl)ccc2[N+](=O)[O-])cn1. The third-order valence-electron chi connectivity index (χ3n) is 2.97. The highest BCUT2D eigenvalue weighted by Gasteiger charge is 2.14. The number of hydrogen-bond donors (Lipinski definition) is 1. The van der Waals surface area contributed by atoms with E-state index in [0.717, 1.165) is 5.69 Å². The quantitative estimate of drug-likeness (QED) is 0.657. The Kier molecular flexibility index (Phi) is 4.93. The maximum Gasteiger partial charge on any atom is 0.274 e. The maximum atomic E-state index is 11.0. The van der Waals surface area contributed by atoms with Crippen molar-refractivity contribution in [1.29, 1.82) is 0 Å². The molecule has 0 atom stereocenters. The van der Waals surface area contributed by atoms with Gasteiger partial charge in [-0.2, -0.15) is 0 Å². The molecule has 2 rings (SSSR count). The molecule has 0 amide bonds. The molecule has 0 aliphatic carbocycles. The first kappa shape index (κ1) is 15.5. The Morgan fingerprint density at radius 1 is 1.48 bits per heavy atom. The molecule has 0 spiro atoms. The van der Waals surface area contributed by atoms with Crippen LogP contribution in [0.3, 0.4) is 0 Å². The van der Waals surface area contributed by atoms with Gasteiger partial charge in [0.15, 0.2) is 0 Å². The van der Waals surface area contributed by atoms with Gasteiger partial charge in [0, 0.05) is 29.9 Å². The summed E-state index contributed by atoms with van der Waals surface area (Å²) in [5, 5.41) is 14.8. The standard InChI is InChI=1S/C14H17ClN4O2/c1-10(2)16-6-13-8-18(9-17-13)7-11-5-12(15)3-4-14(11)19(20)21/h3-5,8-10,16H,6-7H2,1-2H3. The summed E-state index contributed by atoms with van der Waals surface area (Å²) in [5.41, 5.74) is 1.52. The van der Waals surface area contributed by atoms with Gasteiger partial charge in [-0.15, -0.1) is 0 Å². The van der Waals surface area contributed by atoms with E-state index in [1.165, 1.54) is 12.1 Å². The molecule has 1 aromatic carbocycles. The van der Waals surface area contributed by atoms with Crippen molar-refractivity contribution in [3.05, 3.63) is 57.1 Å². The molecular weight excluding hydrogens is 292 g/mol. The summed E-state index contributed by atoms with van der Waals surface area (Å²) in [5.74, 6) is 0. The molecular formula is C14H17ClN4O2. The van der Waals surface area contributed by atoms with Crippen LogP contribution in [0.1, 0.15) is 25.1 Å². The molecule has 7 heteroatoms. The number of nitrogens with zero attached hydrogens (tertiary/aromatic N) is 3. The molecule has 0 radical (unpaired) electrons. The second-order valence-electron chi connectivity index (χ2n) is 5.10. The number of rotatable bonds is 6. The predicted octanol–water partition coefficient (Wildman–Crippen LogP) is 2.99. The number of nitro groups is 1. The van der Waals surface area contributed by atoms with E-state index in [1.54, 1.807) is 12.4 Å². The molecule has 0 fully saturated rings. The van der Waals surface area contributed by atoms with Crippen molar-refractivity contribution in [2.75, 3.05) is 0 Å². The van der Waals surface area contributed by atoms with E-state index in [0.29, 0.717) is 29.7 Å². The summed E-state index contributed by atoms with van der Waals surface area (Å²) in [6.45, 7) is 5.16. The van der Waals surface area contributed by atoms with Crippen LogP contribution in [-0.4, -0.2) is 20.5 Å². The largest absolute Gasteiger partial charge is 0.332 e. The molecule has 112 valence electrons. The van der Waals surface area contributed by atoms with Gasteiger partial charge in [0.05, 0.1) is 29.1 Å². The zero-order chi connectivity index (χ0) is 15.4. The molecule has 0 bridgehead atoms. The zero-order valence-corrected chi connectivity index (χ0v) is 12.7. The van der Waals surface area contributed by atoms with Crippen LogP contribution in [0.2, 0.25) is 5.02 Å². The Bertz CT molecular complexity index is 640. The Labute approximate surface area is 127 Å². The van der Waals surface area contributed by atoms with Gasteiger partial charge in [-0.25, -0.2) is 4.98 Å². The lowest BCUT2D eigenvalue weighted by atomic mass is 10.2. The van der Waals surface area contributed by atoms with Gasteiger partial charge in [-0.3, -0.25) is 10.1 Å². The van der Waals surface area contributed by atoms with Crippen molar-refractivity contribution in [2.24, 2.45) is 0 Å². The lowest BCUT2D eigenvalue weighted by Crippen LogP contribution is -2.21. The Balaban J connectivity index is 2.15. The molecule has 1 aromatic heterocycles. The predicted molar refractivity (Wildman–Crippen MR) is 81.4 cm³/mol. The summed E-state index contributed by atoms with van der Waals surface area (Å²) in [6.07, 6.45) is 3.54. The number of halogens is 1. The number of nitrogens with one attached hydrogen (secondary N) is 1. The highest BCUT2D eigenvalue weighted by molar-refractivity contribution is 6.30. The van der Waals surface area contributed by atoms with Crippen LogP contribution in [0, 0.1) is 10.1 Å². The Morgan fingerprint density at radius 2 is 2.24 bits per heavy atom. The van der Waals surface area contributed by atoms with Crippen molar-refractivity contribution in [3.8, 4) is 0 Å². The fraction of sp³-hybridized carbons (Fsp3) is 0.357. The minimum Gasteiger partial charge on any atom is -0.332 e.